The van der Waals surface area contributed by atoms with Crippen LogP contribution in [0.5, 0.6) is 0 Å². The number of carbonyl (C=O) groups is 1. The molecule has 1 aromatic heterocycles. The normalized spacial score (nSPS) is 14.8. The third kappa shape index (κ3) is 5.17. The topological polar surface area (TPSA) is 96.3 Å². The molecule has 1 heterocycles. The van der Waals surface area contributed by atoms with E-state index >= 15 is 0 Å². The van der Waals surface area contributed by atoms with Crippen molar-refractivity contribution in [2.45, 2.75) is 71.5 Å². The molecule has 0 saturated carbocycles. The van der Waals surface area contributed by atoms with E-state index < -0.39 is 16.2 Å². The van der Waals surface area contributed by atoms with E-state index in [1.165, 1.54) is 15.4 Å². The van der Waals surface area contributed by atoms with Crippen molar-refractivity contribution in [3.05, 3.63) is 82.2 Å². The van der Waals surface area contributed by atoms with Gasteiger partial charge in [0.05, 0.1) is 12.2 Å². The Bertz CT molecular complexity index is 1330. The van der Waals surface area contributed by atoms with Crippen LogP contribution in [0.15, 0.2) is 48.7 Å². The summed E-state index contributed by atoms with van der Waals surface area (Å²) in [7, 11) is -4.16. The van der Waals surface area contributed by atoms with Crippen molar-refractivity contribution in [3.8, 4) is 0 Å². The summed E-state index contributed by atoms with van der Waals surface area (Å²) in [5.74, 6) is 0. The lowest BCUT2D eigenvalue weighted by molar-refractivity contribution is 0.255. The molecule has 9 heteroatoms. The summed E-state index contributed by atoms with van der Waals surface area (Å²) < 4.78 is 32.3. The third-order valence-electron chi connectivity index (χ3n) is 7.01. The van der Waals surface area contributed by atoms with Crippen LogP contribution in [0.3, 0.4) is 0 Å². The van der Waals surface area contributed by atoms with Gasteiger partial charge >= 0.3 is 16.2 Å². The lowest BCUT2D eigenvalue weighted by Crippen LogP contribution is -2.44. The van der Waals surface area contributed by atoms with Crippen LogP contribution >= 0.6 is 0 Å². The molecule has 0 spiro atoms. The Morgan fingerprint density at radius 3 is 2.28 bits per heavy atom. The number of amides is 2. The van der Waals surface area contributed by atoms with E-state index in [0.717, 1.165) is 60.9 Å². The highest BCUT2D eigenvalue weighted by Gasteiger charge is 2.29. The lowest BCUT2D eigenvalue weighted by atomic mass is 9.99. The molecule has 0 saturated heterocycles. The number of hydrogen-bond acceptors (Lipinski definition) is 4. The molecule has 0 fully saturated rings. The zero-order valence-corrected chi connectivity index (χ0v) is 21.6. The standard InChI is InChI=1S/C27H33N5O3S/c1-19(2)32-15-14-23(29-32)18-31(17-20-8-4-3-5-9-20)36(34,35)30-27(33)28-26-24-12-6-10-21(24)16-22-11-7-13-25(22)26/h3-5,8-9,14-16,19H,6-7,10-13,17-18H2,1-2H3,(H2,28,30,33). The van der Waals surface area contributed by atoms with E-state index in [0.29, 0.717) is 5.69 Å². The largest absolute Gasteiger partial charge is 0.333 e. The van der Waals surface area contributed by atoms with E-state index in [4.69, 9.17) is 0 Å². The molecule has 2 aromatic carbocycles. The van der Waals surface area contributed by atoms with Crippen LogP contribution in [-0.2, 0) is 49.0 Å². The predicted molar refractivity (Wildman–Crippen MR) is 140 cm³/mol. The van der Waals surface area contributed by atoms with Crippen molar-refractivity contribution in [2.75, 3.05) is 5.32 Å². The minimum Gasteiger partial charge on any atom is -0.307 e. The Morgan fingerprint density at radius 2 is 1.67 bits per heavy atom. The molecular formula is C27H33N5O3S. The zero-order chi connectivity index (χ0) is 25.3. The van der Waals surface area contributed by atoms with Gasteiger partial charge < -0.3 is 5.32 Å². The van der Waals surface area contributed by atoms with E-state index in [9.17, 15) is 13.2 Å². The molecule has 2 N–H and O–H groups in total. The fraction of sp³-hybridized carbons (Fsp3) is 0.407. The minimum atomic E-state index is -4.16. The van der Waals surface area contributed by atoms with Gasteiger partial charge in [0.1, 0.15) is 0 Å². The molecule has 0 radical (unpaired) electrons. The van der Waals surface area contributed by atoms with Gasteiger partial charge in [-0.05, 0) is 86.3 Å². The van der Waals surface area contributed by atoms with Crippen molar-refractivity contribution in [1.29, 1.82) is 0 Å². The fourth-order valence-electron chi connectivity index (χ4n) is 5.23. The SMILES string of the molecule is CC(C)n1ccc(CN(Cc2ccccc2)S(=O)(=O)NC(=O)Nc2c3c(cc4c2CCC4)CCC3)n1. The van der Waals surface area contributed by atoms with Crippen LogP contribution in [-0.4, -0.2) is 28.5 Å². The average Bonchev–Trinajstić information content (AvgIpc) is 3.59. The minimum absolute atomic E-state index is 0.0490. The van der Waals surface area contributed by atoms with Crippen molar-refractivity contribution in [3.63, 3.8) is 0 Å². The number of urea groups is 1. The lowest BCUT2D eigenvalue weighted by Gasteiger charge is -2.23. The molecule has 190 valence electrons. The monoisotopic (exact) mass is 507 g/mol. The van der Waals surface area contributed by atoms with Gasteiger partial charge in [-0.2, -0.15) is 17.8 Å². The average molecular weight is 508 g/mol. The molecule has 0 atom stereocenters. The number of aryl methyl sites for hydroxylation is 2. The predicted octanol–water partition coefficient (Wildman–Crippen LogP) is 4.51. The Balaban J connectivity index is 1.37. The number of fused-ring (bicyclic) bond motifs is 2. The quantitative estimate of drug-likeness (QED) is 0.469. The third-order valence-corrected chi connectivity index (χ3v) is 8.39. The van der Waals surface area contributed by atoms with Gasteiger partial charge in [-0.3, -0.25) is 4.68 Å². The van der Waals surface area contributed by atoms with Crippen LogP contribution in [0.4, 0.5) is 10.5 Å². The Kier molecular flexibility index (Phi) is 6.85. The maximum atomic E-state index is 13.5. The van der Waals surface area contributed by atoms with Crippen molar-refractivity contribution in [2.24, 2.45) is 0 Å². The van der Waals surface area contributed by atoms with Crippen LogP contribution in [0, 0.1) is 0 Å². The number of aromatic nitrogens is 2. The molecule has 2 amide bonds. The molecule has 8 nitrogen and oxygen atoms in total. The van der Waals surface area contributed by atoms with Gasteiger partial charge in [-0.1, -0.05) is 36.4 Å². The van der Waals surface area contributed by atoms with Gasteiger partial charge in [0.15, 0.2) is 0 Å². The summed E-state index contributed by atoms with van der Waals surface area (Å²) >= 11 is 0. The summed E-state index contributed by atoms with van der Waals surface area (Å²) in [4.78, 5) is 13.1. The Morgan fingerprint density at radius 1 is 1.00 bits per heavy atom. The van der Waals surface area contributed by atoms with E-state index in [-0.39, 0.29) is 19.1 Å². The first-order chi connectivity index (χ1) is 17.3. The number of rotatable bonds is 8. The number of carbonyl (C=O) groups excluding carboxylic acids is 1. The van der Waals surface area contributed by atoms with Crippen LogP contribution in [0.25, 0.3) is 0 Å². The first-order valence-electron chi connectivity index (χ1n) is 12.6. The molecule has 36 heavy (non-hydrogen) atoms. The van der Waals surface area contributed by atoms with Crippen molar-refractivity contribution < 1.29 is 13.2 Å². The molecule has 0 aliphatic heterocycles. The number of anilines is 1. The Labute approximate surface area is 212 Å². The van der Waals surface area contributed by atoms with Crippen LogP contribution in [0.2, 0.25) is 0 Å². The molecule has 2 aliphatic rings. The molecule has 5 rings (SSSR count). The van der Waals surface area contributed by atoms with Crippen molar-refractivity contribution >= 4 is 21.9 Å². The Hall–Kier alpha value is -3.17. The van der Waals surface area contributed by atoms with Gasteiger partial charge in [0.2, 0.25) is 0 Å². The van der Waals surface area contributed by atoms with E-state index in [1.807, 2.05) is 56.4 Å². The molecule has 0 bridgehead atoms. The van der Waals surface area contributed by atoms with Gasteiger partial charge in [0, 0.05) is 24.5 Å². The summed E-state index contributed by atoms with van der Waals surface area (Å²) in [6.45, 7) is 4.19. The van der Waals surface area contributed by atoms with E-state index in [1.54, 1.807) is 4.68 Å². The number of hydrogen-bond donors (Lipinski definition) is 2. The van der Waals surface area contributed by atoms with E-state index in [2.05, 4.69) is 21.2 Å². The summed E-state index contributed by atoms with van der Waals surface area (Å²) in [6.07, 6.45) is 7.77. The molecule has 0 unspecified atom stereocenters. The maximum absolute atomic E-state index is 13.5. The summed E-state index contributed by atoms with van der Waals surface area (Å²) in [5, 5.41) is 7.44. The van der Waals surface area contributed by atoms with Gasteiger partial charge in [0.25, 0.3) is 0 Å². The van der Waals surface area contributed by atoms with Gasteiger partial charge in [-0.25, -0.2) is 9.52 Å². The highest BCUT2D eigenvalue weighted by Crippen LogP contribution is 2.38. The molecular weight excluding hydrogens is 474 g/mol. The molecule has 2 aliphatic carbocycles. The maximum Gasteiger partial charge on any atom is 0.333 e. The second kappa shape index (κ2) is 10.1. The van der Waals surface area contributed by atoms with Crippen LogP contribution < -0.4 is 10.0 Å². The summed E-state index contributed by atoms with van der Waals surface area (Å²) in [6, 6.07) is 12.9. The fourth-order valence-corrected chi connectivity index (χ4v) is 6.27. The zero-order valence-electron chi connectivity index (χ0n) is 20.8. The number of benzene rings is 2. The first kappa shape index (κ1) is 24.5. The van der Waals surface area contributed by atoms with Crippen molar-refractivity contribution in [1.82, 2.24) is 18.8 Å². The van der Waals surface area contributed by atoms with Crippen LogP contribution in [0.1, 0.15) is 66.2 Å². The molecule has 3 aromatic rings. The smallest absolute Gasteiger partial charge is 0.307 e. The van der Waals surface area contributed by atoms with Gasteiger partial charge in [-0.15, -0.1) is 0 Å². The second-order valence-corrected chi connectivity index (χ2v) is 11.6. The highest BCUT2D eigenvalue weighted by atomic mass is 32.2. The number of nitrogens with one attached hydrogen (secondary N) is 2. The highest BCUT2D eigenvalue weighted by molar-refractivity contribution is 7.87. The second-order valence-electron chi connectivity index (χ2n) is 9.93. The first-order valence-corrected chi connectivity index (χ1v) is 14.1. The summed E-state index contributed by atoms with van der Waals surface area (Å²) in [5.41, 5.74) is 7.12. The number of nitrogens with zero attached hydrogens (tertiary/aromatic N) is 3.